The highest BCUT2D eigenvalue weighted by atomic mass is 16.7. The molecular weight excluding hydrogens is 522 g/mol. The van der Waals surface area contributed by atoms with E-state index in [1.807, 2.05) is 0 Å². The molecule has 1 heterocycles. The maximum Gasteiger partial charge on any atom is 0.227 e. The lowest BCUT2D eigenvalue weighted by molar-refractivity contribution is -0.263. The molecule has 0 radical (unpaired) electrons. The van der Waals surface area contributed by atoms with E-state index in [9.17, 15) is 19.8 Å². The van der Waals surface area contributed by atoms with Crippen LogP contribution in [0.25, 0.3) is 0 Å². The zero-order valence-electron chi connectivity index (χ0n) is 26.3. The fourth-order valence-corrected chi connectivity index (χ4v) is 5.29. The van der Waals surface area contributed by atoms with E-state index < -0.39 is 43.2 Å². The average Bonchev–Trinajstić information content (AvgIpc) is 2.96. The molecule has 5 atom stereocenters. The summed E-state index contributed by atoms with van der Waals surface area (Å²) in [6.07, 6.45) is 19.2. The monoisotopic (exact) mass is 583 g/mol. The Bertz CT molecular complexity index is 686. The van der Waals surface area contributed by atoms with Crippen LogP contribution >= 0.6 is 0 Å². The number of hydrogen-bond acceptors (Lipinski definition) is 7. The summed E-state index contributed by atoms with van der Waals surface area (Å²) < 4.78 is 17.5. The lowest BCUT2D eigenvalue weighted by Gasteiger charge is -2.43. The zero-order valence-corrected chi connectivity index (χ0v) is 26.3. The molecule has 0 aliphatic carbocycles. The van der Waals surface area contributed by atoms with Gasteiger partial charge in [0.05, 0.1) is 19.3 Å². The minimum absolute atomic E-state index is 0.0988. The molecule has 2 unspecified atom stereocenters. The van der Waals surface area contributed by atoms with Gasteiger partial charge in [-0.05, 0) is 19.8 Å². The standard InChI is InChI=1S/C33H61NO7/c1-4-7-9-11-13-15-16-18-20-22-27(36)25-29(37)34-30-32(39-24-21-19-17-14-12-10-8-5-2)31(38)28(26-35)41-33(30)40-23-6-3/h6,23,28,30-33,35,38H,4-5,7-22,24-26H2,1-3H3,(H,34,37)/b23-6-/t28-,30?,31-,32-,33?/m1/s1. The van der Waals surface area contributed by atoms with Crippen molar-refractivity contribution in [2.45, 2.75) is 173 Å². The third kappa shape index (κ3) is 17.3. The van der Waals surface area contributed by atoms with E-state index in [0.717, 1.165) is 38.5 Å². The van der Waals surface area contributed by atoms with Gasteiger partial charge in [-0.1, -0.05) is 116 Å². The molecule has 1 aliphatic rings. The molecular formula is C33H61NO7. The van der Waals surface area contributed by atoms with Crippen molar-refractivity contribution >= 4 is 11.7 Å². The van der Waals surface area contributed by atoms with Crippen LogP contribution in [0, 0.1) is 0 Å². The average molecular weight is 584 g/mol. The second kappa shape index (κ2) is 25.1. The normalized spacial score (nSPS) is 22.7. The van der Waals surface area contributed by atoms with Gasteiger partial charge in [0, 0.05) is 13.0 Å². The van der Waals surface area contributed by atoms with Gasteiger partial charge in [0.25, 0.3) is 0 Å². The van der Waals surface area contributed by atoms with Crippen LogP contribution in [0.15, 0.2) is 12.3 Å². The van der Waals surface area contributed by atoms with Crippen molar-refractivity contribution in [3.8, 4) is 0 Å². The molecule has 3 N–H and O–H groups in total. The number of unbranched alkanes of at least 4 members (excludes halogenated alkanes) is 15. The summed E-state index contributed by atoms with van der Waals surface area (Å²) in [6, 6.07) is -0.828. The molecule has 8 heteroatoms. The molecule has 1 amide bonds. The summed E-state index contributed by atoms with van der Waals surface area (Å²) in [7, 11) is 0. The third-order valence-electron chi connectivity index (χ3n) is 7.76. The number of allylic oxidation sites excluding steroid dienone is 1. The first kappa shape index (κ1) is 37.5. The van der Waals surface area contributed by atoms with Crippen molar-refractivity contribution in [1.82, 2.24) is 5.32 Å². The molecule has 0 aromatic heterocycles. The van der Waals surface area contributed by atoms with Gasteiger partial charge in [0.2, 0.25) is 12.2 Å². The van der Waals surface area contributed by atoms with Gasteiger partial charge in [-0.15, -0.1) is 0 Å². The maximum atomic E-state index is 12.9. The molecule has 0 spiro atoms. The first-order valence-corrected chi connectivity index (χ1v) is 16.6. The Morgan fingerprint density at radius 1 is 0.829 bits per heavy atom. The van der Waals surface area contributed by atoms with Gasteiger partial charge in [-0.25, -0.2) is 0 Å². The molecule has 1 rings (SSSR count). The Morgan fingerprint density at radius 3 is 1.90 bits per heavy atom. The number of carbonyl (C=O) groups excluding carboxylic acids is 2. The fraction of sp³-hybridized carbons (Fsp3) is 0.879. The van der Waals surface area contributed by atoms with Crippen LogP contribution in [0.2, 0.25) is 0 Å². The predicted molar refractivity (Wildman–Crippen MR) is 163 cm³/mol. The first-order chi connectivity index (χ1) is 20.0. The Balaban J connectivity index is 2.56. The van der Waals surface area contributed by atoms with Gasteiger partial charge in [-0.2, -0.15) is 0 Å². The van der Waals surface area contributed by atoms with Crippen molar-refractivity contribution < 1.29 is 34.0 Å². The van der Waals surface area contributed by atoms with Crippen LogP contribution < -0.4 is 5.32 Å². The van der Waals surface area contributed by atoms with E-state index in [1.165, 1.54) is 76.9 Å². The SMILES string of the molecule is C/C=C\OC1O[C@H](CO)[C@@H](O)[C@H](OCCCCCCCCCC)C1NC(=O)CC(=O)CCCCCCCCCCC. The first-order valence-electron chi connectivity index (χ1n) is 16.6. The molecule has 0 aromatic carbocycles. The summed E-state index contributed by atoms with van der Waals surface area (Å²) in [5.74, 6) is -0.540. The number of rotatable bonds is 26. The molecule has 1 aliphatic heterocycles. The van der Waals surface area contributed by atoms with E-state index >= 15 is 0 Å². The number of carbonyl (C=O) groups is 2. The largest absolute Gasteiger partial charge is 0.471 e. The Kier molecular flexibility index (Phi) is 22.9. The van der Waals surface area contributed by atoms with E-state index in [-0.39, 0.29) is 12.2 Å². The number of Topliss-reactive ketones (excluding diaryl/α,β-unsaturated/α-hetero) is 1. The van der Waals surface area contributed by atoms with Crippen molar-refractivity contribution in [1.29, 1.82) is 0 Å². The minimum Gasteiger partial charge on any atom is -0.471 e. The lowest BCUT2D eigenvalue weighted by atomic mass is 9.96. The van der Waals surface area contributed by atoms with Crippen LogP contribution in [0.4, 0.5) is 0 Å². The highest BCUT2D eigenvalue weighted by Crippen LogP contribution is 2.25. The molecule has 1 fully saturated rings. The predicted octanol–water partition coefficient (Wildman–Crippen LogP) is 6.51. The van der Waals surface area contributed by atoms with E-state index in [2.05, 4.69) is 19.2 Å². The van der Waals surface area contributed by atoms with Gasteiger partial charge in [-0.3, -0.25) is 9.59 Å². The number of nitrogens with one attached hydrogen (secondary N) is 1. The van der Waals surface area contributed by atoms with Gasteiger partial charge in [0.1, 0.15) is 30.1 Å². The Labute approximate surface area is 250 Å². The van der Waals surface area contributed by atoms with Crippen LogP contribution in [0.3, 0.4) is 0 Å². The summed E-state index contributed by atoms with van der Waals surface area (Å²) >= 11 is 0. The van der Waals surface area contributed by atoms with E-state index in [4.69, 9.17) is 14.2 Å². The fourth-order valence-electron chi connectivity index (χ4n) is 5.29. The maximum absolute atomic E-state index is 12.9. The quantitative estimate of drug-likeness (QED) is 0.0604. The molecule has 1 saturated heterocycles. The number of ether oxygens (including phenoxy) is 3. The van der Waals surface area contributed by atoms with Crippen LogP contribution in [-0.2, 0) is 23.8 Å². The smallest absolute Gasteiger partial charge is 0.227 e. The van der Waals surface area contributed by atoms with Crippen LogP contribution in [0.1, 0.15) is 143 Å². The molecule has 8 nitrogen and oxygen atoms in total. The minimum atomic E-state index is -1.15. The second-order valence-corrected chi connectivity index (χ2v) is 11.5. The van der Waals surface area contributed by atoms with Crippen molar-refractivity contribution in [3.05, 3.63) is 12.3 Å². The Morgan fingerprint density at radius 2 is 1.37 bits per heavy atom. The van der Waals surface area contributed by atoms with E-state index in [0.29, 0.717) is 13.0 Å². The van der Waals surface area contributed by atoms with Gasteiger partial charge >= 0.3 is 0 Å². The number of ketones is 1. The van der Waals surface area contributed by atoms with Crippen molar-refractivity contribution in [2.75, 3.05) is 13.2 Å². The highest BCUT2D eigenvalue weighted by molar-refractivity contribution is 5.98. The lowest BCUT2D eigenvalue weighted by Crippen LogP contribution is -2.65. The molecule has 41 heavy (non-hydrogen) atoms. The summed E-state index contributed by atoms with van der Waals surface area (Å²) in [5.41, 5.74) is 0. The molecule has 0 saturated carbocycles. The van der Waals surface area contributed by atoms with Crippen LogP contribution in [-0.4, -0.2) is 65.8 Å². The summed E-state index contributed by atoms with van der Waals surface area (Å²) in [5, 5.41) is 23.5. The zero-order chi connectivity index (χ0) is 30.1. The van der Waals surface area contributed by atoms with Crippen molar-refractivity contribution in [3.63, 3.8) is 0 Å². The van der Waals surface area contributed by atoms with Crippen LogP contribution in [0.5, 0.6) is 0 Å². The number of amides is 1. The molecule has 240 valence electrons. The summed E-state index contributed by atoms with van der Waals surface area (Å²) in [4.78, 5) is 25.4. The van der Waals surface area contributed by atoms with E-state index in [1.54, 1.807) is 13.0 Å². The topological polar surface area (TPSA) is 114 Å². The molecule has 0 bridgehead atoms. The number of aliphatic hydroxyl groups excluding tert-OH is 2. The number of aliphatic hydroxyl groups is 2. The number of hydrogen-bond donors (Lipinski definition) is 3. The molecule has 0 aromatic rings. The van der Waals surface area contributed by atoms with Gasteiger partial charge in [0.15, 0.2) is 0 Å². The highest BCUT2D eigenvalue weighted by Gasteiger charge is 2.47. The third-order valence-corrected chi connectivity index (χ3v) is 7.76. The summed E-state index contributed by atoms with van der Waals surface area (Å²) in [6.45, 7) is 6.22. The van der Waals surface area contributed by atoms with Gasteiger partial charge < -0.3 is 29.7 Å². The Hall–Kier alpha value is -1.48. The second-order valence-electron chi connectivity index (χ2n) is 11.5. The van der Waals surface area contributed by atoms with Crippen molar-refractivity contribution in [2.24, 2.45) is 0 Å².